The second-order valence-electron chi connectivity index (χ2n) is 5.70. The summed E-state index contributed by atoms with van der Waals surface area (Å²) in [4.78, 5) is 23.1. The third-order valence-electron chi connectivity index (χ3n) is 3.65. The molecule has 7 nitrogen and oxygen atoms in total. The number of nitrogens with zero attached hydrogens (tertiary/aromatic N) is 1. The van der Waals surface area contributed by atoms with E-state index >= 15 is 0 Å². The summed E-state index contributed by atoms with van der Waals surface area (Å²) in [5.74, 6) is -0.794. The lowest BCUT2D eigenvalue weighted by molar-refractivity contribution is -0.144. The summed E-state index contributed by atoms with van der Waals surface area (Å²) in [6.07, 6.45) is -0.137. The molecule has 0 heterocycles. The summed E-state index contributed by atoms with van der Waals surface area (Å²) in [6, 6.07) is 14.3. The number of carbonyl (C=O) groups is 2. The molecule has 27 heavy (non-hydrogen) atoms. The Morgan fingerprint density at radius 3 is 2.48 bits per heavy atom. The fourth-order valence-electron chi connectivity index (χ4n) is 2.16. The van der Waals surface area contributed by atoms with Crippen molar-refractivity contribution in [2.24, 2.45) is 0 Å². The van der Waals surface area contributed by atoms with E-state index in [-0.39, 0.29) is 30.3 Å². The zero-order valence-electron chi connectivity index (χ0n) is 14.6. The van der Waals surface area contributed by atoms with Crippen molar-refractivity contribution in [3.63, 3.8) is 0 Å². The predicted molar refractivity (Wildman–Crippen MR) is 97.2 cm³/mol. The first-order valence-corrected chi connectivity index (χ1v) is 9.55. The third-order valence-corrected chi connectivity index (χ3v) is 5.11. The number of benzene rings is 2. The van der Waals surface area contributed by atoms with Gasteiger partial charge >= 0.3 is 5.97 Å². The van der Waals surface area contributed by atoms with Crippen LogP contribution >= 0.6 is 0 Å². The van der Waals surface area contributed by atoms with Crippen molar-refractivity contribution in [2.45, 2.75) is 24.8 Å². The quantitative estimate of drug-likeness (QED) is 0.549. The van der Waals surface area contributed by atoms with E-state index in [1.54, 1.807) is 24.3 Å². The van der Waals surface area contributed by atoms with E-state index in [1.165, 1.54) is 31.2 Å². The average molecular weight is 386 g/mol. The fraction of sp³-hybridized carbons (Fsp3) is 0.211. The monoisotopic (exact) mass is 386 g/mol. The summed E-state index contributed by atoms with van der Waals surface area (Å²) < 4.78 is 31.8. The Morgan fingerprint density at radius 2 is 1.85 bits per heavy atom. The number of esters is 1. The van der Waals surface area contributed by atoms with Crippen LogP contribution in [-0.2, 0) is 26.2 Å². The van der Waals surface area contributed by atoms with Crippen LogP contribution in [0.1, 0.15) is 34.8 Å². The van der Waals surface area contributed by atoms with Crippen LogP contribution in [0.3, 0.4) is 0 Å². The Balaban J connectivity index is 1.83. The highest BCUT2D eigenvalue weighted by Crippen LogP contribution is 2.12. The van der Waals surface area contributed by atoms with Gasteiger partial charge in [0, 0.05) is 12.1 Å². The molecule has 0 atom stereocenters. The molecule has 0 saturated heterocycles. The number of ketones is 1. The normalized spacial score (nSPS) is 10.8. The third kappa shape index (κ3) is 6.02. The van der Waals surface area contributed by atoms with Gasteiger partial charge < -0.3 is 4.74 Å². The zero-order valence-corrected chi connectivity index (χ0v) is 15.5. The second kappa shape index (κ2) is 9.07. The molecule has 0 unspecified atom stereocenters. The van der Waals surface area contributed by atoms with Crippen LogP contribution in [0.15, 0.2) is 53.4 Å². The zero-order chi connectivity index (χ0) is 19.9. The van der Waals surface area contributed by atoms with Crippen LogP contribution in [0.5, 0.6) is 0 Å². The topological polar surface area (TPSA) is 113 Å². The van der Waals surface area contributed by atoms with Crippen molar-refractivity contribution < 1.29 is 22.7 Å². The number of carbonyl (C=O) groups excluding carboxylic acids is 2. The number of ether oxygens (including phenoxy) is 1. The molecule has 0 aliphatic heterocycles. The van der Waals surface area contributed by atoms with E-state index in [1.807, 2.05) is 6.07 Å². The van der Waals surface area contributed by atoms with E-state index in [2.05, 4.69) is 4.72 Å². The molecule has 0 aliphatic rings. The maximum absolute atomic E-state index is 12.2. The first kappa shape index (κ1) is 20.3. The van der Waals surface area contributed by atoms with Gasteiger partial charge in [-0.1, -0.05) is 24.3 Å². The number of rotatable bonds is 8. The van der Waals surface area contributed by atoms with Gasteiger partial charge in [0.15, 0.2) is 5.78 Å². The van der Waals surface area contributed by atoms with E-state index in [9.17, 15) is 18.0 Å². The lowest BCUT2D eigenvalue weighted by Crippen LogP contribution is -2.27. The smallest absolute Gasteiger partial charge is 0.307 e. The van der Waals surface area contributed by atoms with Crippen LogP contribution in [0.25, 0.3) is 0 Å². The lowest BCUT2D eigenvalue weighted by atomic mass is 10.2. The van der Waals surface area contributed by atoms with Crippen LogP contribution in [0.4, 0.5) is 0 Å². The molecule has 8 heteroatoms. The molecule has 0 fully saturated rings. The van der Waals surface area contributed by atoms with Gasteiger partial charge in [-0.25, -0.2) is 13.1 Å². The highest BCUT2D eigenvalue weighted by molar-refractivity contribution is 7.89. The minimum Gasteiger partial charge on any atom is -0.461 e. The Labute approximate surface area is 157 Å². The Bertz CT molecular complexity index is 976. The second-order valence-corrected chi connectivity index (χ2v) is 7.47. The minimum atomic E-state index is -3.83. The highest BCUT2D eigenvalue weighted by atomic mass is 32.2. The van der Waals surface area contributed by atoms with E-state index in [0.29, 0.717) is 11.1 Å². The molecule has 2 rings (SSSR count). The SMILES string of the molecule is CC(=O)c1cccc(S(=O)(=O)NCCC(=O)OCc2ccc(C#N)cc2)c1. The van der Waals surface area contributed by atoms with Crippen molar-refractivity contribution in [1.82, 2.24) is 4.72 Å². The van der Waals surface area contributed by atoms with Crippen molar-refractivity contribution in [3.8, 4) is 6.07 Å². The molecule has 2 aromatic rings. The van der Waals surface area contributed by atoms with Crippen molar-refractivity contribution in [1.29, 1.82) is 5.26 Å². The van der Waals surface area contributed by atoms with Crippen molar-refractivity contribution in [2.75, 3.05) is 6.54 Å². The van der Waals surface area contributed by atoms with E-state index < -0.39 is 16.0 Å². The number of hydrogen-bond donors (Lipinski definition) is 1. The van der Waals surface area contributed by atoms with Crippen molar-refractivity contribution >= 4 is 21.8 Å². The molecule has 0 aliphatic carbocycles. The molecule has 0 bridgehead atoms. The van der Waals surface area contributed by atoms with Crippen LogP contribution in [0.2, 0.25) is 0 Å². The van der Waals surface area contributed by atoms with Gasteiger partial charge in [0.2, 0.25) is 10.0 Å². The molecule has 0 aromatic heterocycles. The van der Waals surface area contributed by atoms with Gasteiger partial charge in [-0.15, -0.1) is 0 Å². The molecule has 0 amide bonds. The Kier molecular flexibility index (Phi) is 6.82. The molecule has 1 N–H and O–H groups in total. The van der Waals surface area contributed by atoms with Gasteiger partial charge in [-0.05, 0) is 36.8 Å². The lowest BCUT2D eigenvalue weighted by Gasteiger charge is -2.08. The van der Waals surface area contributed by atoms with Gasteiger partial charge in [0.05, 0.1) is 22.9 Å². The first-order valence-electron chi connectivity index (χ1n) is 8.07. The number of Topliss-reactive ketones (excluding diaryl/α,β-unsaturated/α-hetero) is 1. The molecule has 0 spiro atoms. The molecule has 2 aromatic carbocycles. The fourth-order valence-corrected chi connectivity index (χ4v) is 3.24. The van der Waals surface area contributed by atoms with Gasteiger partial charge in [0.1, 0.15) is 6.61 Å². The molecule has 140 valence electrons. The number of nitrogens with one attached hydrogen (secondary N) is 1. The molecular weight excluding hydrogens is 368 g/mol. The maximum Gasteiger partial charge on any atom is 0.307 e. The van der Waals surface area contributed by atoms with Crippen LogP contribution in [-0.4, -0.2) is 26.7 Å². The predicted octanol–water partition coefficient (Wildman–Crippen LogP) is 2.17. The number of nitriles is 1. The summed E-state index contributed by atoms with van der Waals surface area (Å²) >= 11 is 0. The summed E-state index contributed by atoms with van der Waals surface area (Å²) in [5.41, 5.74) is 1.53. The minimum absolute atomic E-state index is 0.0396. The average Bonchev–Trinajstić information content (AvgIpc) is 2.66. The summed E-state index contributed by atoms with van der Waals surface area (Å²) in [7, 11) is -3.83. The largest absolute Gasteiger partial charge is 0.461 e. The standard InChI is InChI=1S/C19H18N2O5S/c1-14(22)17-3-2-4-18(11-17)27(24,25)21-10-9-19(23)26-13-16-7-5-15(12-20)6-8-16/h2-8,11,21H,9-10,13H2,1H3. The first-order chi connectivity index (χ1) is 12.8. The van der Waals surface area contributed by atoms with Crippen LogP contribution in [0, 0.1) is 11.3 Å². The van der Waals surface area contributed by atoms with Gasteiger partial charge in [-0.2, -0.15) is 5.26 Å². The van der Waals surface area contributed by atoms with Gasteiger partial charge in [0.25, 0.3) is 0 Å². The summed E-state index contributed by atoms with van der Waals surface area (Å²) in [5, 5.41) is 8.73. The number of hydrogen-bond acceptors (Lipinski definition) is 6. The molecule has 0 radical (unpaired) electrons. The Hall–Kier alpha value is -3.02. The molecule has 0 saturated carbocycles. The highest BCUT2D eigenvalue weighted by Gasteiger charge is 2.16. The Morgan fingerprint density at radius 1 is 1.15 bits per heavy atom. The summed E-state index contributed by atoms with van der Waals surface area (Å²) in [6.45, 7) is 1.26. The van der Waals surface area contributed by atoms with E-state index in [0.717, 1.165) is 5.56 Å². The van der Waals surface area contributed by atoms with Crippen molar-refractivity contribution in [3.05, 3.63) is 65.2 Å². The van der Waals surface area contributed by atoms with E-state index in [4.69, 9.17) is 10.00 Å². The van der Waals surface area contributed by atoms with Gasteiger partial charge in [-0.3, -0.25) is 9.59 Å². The molecular formula is C19H18N2O5S. The number of sulfonamides is 1. The van der Waals surface area contributed by atoms with Crippen LogP contribution < -0.4 is 4.72 Å². The maximum atomic E-state index is 12.2.